The van der Waals surface area contributed by atoms with Crippen LogP contribution in [0.25, 0.3) is 0 Å². The van der Waals surface area contributed by atoms with Crippen LogP contribution in [0.3, 0.4) is 0 Å². The van der Waals surface area contributed by atoms with Crippen molar-refractivity contribution in [2.24, 2.45) is 0 Å². The van der Waals surface area contributed by atoms with Crippen LogP contribution in [0.4, 0.5) is 17.4 Å². The first-order valence-corrected chi connectivity index (χ1v) is 5.65. The molecule has 0 aliphatic heterocycles. The number of rotatable bonds is 4. The molecule has 0 aromatic rings. The highest BCUT2D eigenvalue weighted by Gasteiger charge is 2.33. The molecule has 14 heavy (non-hydrogen) atoms. The Balaban J connectivity index is 4.32. The van der Waals surface area contributed by atoms with E-state index >= 15 is 0 Å². The molecule has 0 fully saturated rings. The van der Waals surface area contributed by atoms with Gasteiger partial charge in [0.1, 0.15) is 0 Å². The van der Waals surface area contributed by atoms with Crippen molar-refractivity contribution in [3.63, 3.8) is 0 Å². The van der Waals surface area contributed by atoms with E-state index in [0.717, 1.165) is 0 Å². The summed E-state index contributed by atoms with van der Waals surface area (Å²) in [6.45, 7) is -2.22. The molecule has 0 saturated carbocycles. The normalized spacial score (nSPS) is 17.8. The van der Waals surface area contributed by atoms with Crippen molar-refractivity contribution >= 4 is 18.1 Å². The van der Waals surface area contributed by atoms with Crippen LogP contribution in [-0.2, 0) is 19.1 Å². The van der Waals surface area contributed by atoms with Gasteiger partial charge in [0.05, 0.1) is 0 Å². The number of nitrogens with one attached hydrogen (secondary N) is 1. The predicted molar refractivity (Wildman–Crippen MR) is 35.0 cm³/mol. The van der Waals surface area contributed by atoms with E-state index in [-0.39, 0.29) is 0 Å². The van der Waals surface area contributed by atoms with E-state index in [2.05, 4.69) is 4.18 Å². The van der Waals surface area contributed by atoms with Gasteiger partial charge in [-0.25, -0.2) is 8.75 Å². The summed E-state index contributed by atoms with van der Waals surface area (Å²) in [4.78, 5) is 7.82. The number of halogens is 4. The van der Waals surface area contributed by atoms with Gasteiger partial charge in [-0.3, -0.25) is 0 Å². The summed E-state index contributed by atoms with van der Waals surface area (Å²) >= 11 is 0. The van der Waals surface area contributed by atoms with Gasteiger partial charge in [-0.1, -0.05) is 4.49 Å². The Morgan fingerprint density at radius 3 is 2.14 bits per heavy atom. The lowest BCUT2D eigenvalue weighted by atomic mass is 10.7. The van der Waals surface area contributed by atoms with E-state index in [1.165, 1.54) is 0 Å². The van der Waals surface area contributed by atoms with Crippen LogP contribution in [0, 0.1) is 0 Å². The number of hydrogen-bond acceptors (Lipinski definition) is 4. The molecule has 0 heterocycles. The topological polar surface area (TPSA) is 92.7 Å². The van der Waals surface area contributed by atoms with Gasteiger partial charge in [0.15, 0.2) is 6.61 Å². The van der Waals surface area contributed by atoms with Crippen molar-refractivity contribution in [2.75, 3.05) is 6.61 Å². The van der Waals surface area contributed by atoms with E-state index < -0.39 is 30.9 Å². The minimum Gasteiger partial charge on any atom is -0.309 e. The van der Waals surface area contributed by atoms with Gasteiger partial charge < -0.3 is 4.89 Å². The van der Waals surface area contributed by atoms with Gasteiger partial charge in [0, 0.05) is 0 Å². The Morgan fingerprint density at radius 2 is 1.86 bits per heavy atom. The van der Waals surface area contributed by atoms with Crippen molar-refractivity contribution in [3.8, 4) is 0 Å². The van der Waals surface area contributed by atoms with Gasteiger partial charge in [-0.15, -0.1) is 4.20 Å². The number of alkyl halides is 3. The summed E-state index contributed by atoms with van der Waals surface area (Å²) in [7, 11) is -10.9. The smallest absolute Gasteiger partial charge is 0.309 e. The van der Waals surface area contributed by atoms with Crippen LogP contribution in [0.2, 0.25) is 0 Å². The third-order valence-corrected chi connectivity index (χ3v) is 2.83. The molecule has 0 bridgehead atoms. The van der Waals surface area contributed by atoms with Crippen LogP contribution in [0.5, 0.6) is 0 Å². The molecule has 1 unspecified atom stereocenters. The Morgan fingerprint density at radius 1 is 1.43 bits per heavy atom. The zero-order valence-corrected chi connectivity index (χ0v) is 7.87. The highest BCUT2D eigenvalue weighted by atomic mass is 32.2. The summed E-state index contributed by atoms with van der Waals surface area (Å²) in [5.74, 6) is 0. The molecule has 6 nitrogen and oxygen atoms in total. The van der Waals surface area contributed by atoms with Gasteiger partial charge in [0.25, 0.3) is 0 Å². The monoisotopic (exact) mass is 261 g/mol. The van der Waals surface area contributed by atoms with Crippen molar-refractivity contribution < 1.29 is 39.4 Å². The van der Waals surface area contributed by atoms with E-state index in [4.69, 9.17) is 4.89 Å². The maximum atomic E-state index is 11.8. The van der Waals surface area contributed by atoms with Gasteiger partial charge in [-0.05, 0) is 0 Å². The predicted octanol–water partition coefficient (Wildman–Crippen LogP) is 0.470. The quantitative estimate of drug-likeness (QED) is 0.566. The van der Waals surface area contributed by atoms with Crippen LogP contribution in [0.15, 0.2) is 0 Å². The largest absolute Gasteiger partial charge is 0.455 e. The molecule has 1 atom stereocenters. The molecule has 0 spiro atoms. The van der Waals surface area contributed by atoms with Crippen LogP contribution >= 0.6 is 7.83 Å². The van der Waals surface area contributed by atoms with Crippen molar-refractivity contribution in [2.45, 2.75) is 6.18 Å². The lowest BCUT2D eigenvalue weighted by Crippen LogP contribution is -2.27. The molecule has 0 aliphatic rings. The zero-order chi connectivity index (χ0) is 11.6. The second kappa shape index (κ2) is 4.11. The van der Waals surface area contributed by atoms with E-state index in [0.29, 0.717) is 4.49 Å². The lowest BCUT2D eigenvalue weighted by Gasteiger charge is -2.08. The fraction of sp³-hybridized carbons (Fsp3) is 1.00. The fourth-order valence-corrected chi connectivity index (χ4v) is 1.91. The fourth-order valence-electron chi connectivity index (χ4n) is 0.309. The van der Waals surface area contributed by atoms with E-state index in [1.54, 1.807) is 0 Å². The molecule has 0 aromatic heterocycles. The first-order chi connectivity index (χ1) is 5.91. The second-order valence-corrected chi connectivity index (χ2v) is 4.80. The standard InChI is InChI=1S/C2H4F4NO5PS/c3-2(4,5)1-12-14(10,11)7-13(6,8)9/h1H2,(H2,7,8,9). The first kappa shape index (κ1) is 13.8. The second-order valence-electron chi connectivity index (χ2n) is 1.92. The number of hydrogen-bond donors (Lipinski definition) is 2. The summed E-state index contributed by atoms with van der Waals surface area (Å²) in [5.41, 5.74) is 0. The minimum absolute atomic E-state index is 0.363. The maximum absolute atomic E-state index is 11.8. The maximum Gasteiger partial charge on any atom is 0.455 e. The molecule has 0 rings (SSSR count). The van der Waals surface area contributed by atoms with Crippen LogP contribution in [0.1, 0.15) is 0 Å². The average molecular weight is 261 g/mol. The van der Waals surface area contributed by atoms with Gasteiger partial charge in [0.2, 0.25) is 0 Å². The Bertz CT molecular complexity index is 330. The molecule has 0 aliphatic carbocycles. The van der Waals surface area contributed by atoms with Crippen molar-refractivity contribution in [1.29, 1.82) is 0 Å². The highest BCUT2D eigenvalue weighted by molar-refractivity contribution is 7.90. The molecule has 0 saturated heterocycles. The molecule has 2 N–H and O–H groups in total. The minimum atomic E-state index is -5.70. The van der Waals surface area contributed by atoms with Gasteiger partial charge >= 0.3 is 24.3 Å². The average Bonchev–Trinajstić information content (AvgIpc) is 1.76. The van der Waals surface area contributed by atoms with Crippen LogP contribution < -0.4 is 4.49 Å². The molecule has 12 heteroatoms. The molecular formula is C2H4F4NO5PS. The third kappa shape index (κ3) is 8.38. The summed E-state index contributed by atoms with van der Waals surface area (Å²) in [6.07, 6.45) is -4.95. The third-order valence-electron chi connectivity index (χ3n) is 0.602. The van der Waals surface area contributed by atoms with Gasteiger partial charge in [-0.2, -0.15) is 21.6 Å². The lowest BCUT2D eigenvalue weighted by molar-refractivity contribution is -0.152. The zero-order valence-electron chi connectivity index (χ0n) is 6.15. The molecular weight excluding hydrogens is 257 g/mol. The Hall–Kier alpha value is -0.220. The van der Waals surface area contributed by atoms with Crippen LogP contribution in [-0.4, -0.2) is 26.1 Å². The van der Waals surface area contributed by atoms with E-state index in [1.807, 2.05) is 0 Å². The first-order valence-electron chi connectivity index (χ1n) is 2.69. The van der Waals surface area contributed by atoms with Crippen molar-refractivity contribution in [1.82, 2.24) is 4.49 Å². The SMILES string of the molecule is O=P(O)(F)NS(=O)(=O)OCC(F)(F)F. The molecule has 0 aromatic carbocycles. The molecule has 0 radical (unpaired) electrons. The molecule has 86 valence electrons. The van der Waals surface area contributed by atoms with Crippen molar-refractivity contribution in [3.05, 3.63) is 0 Å². The highest BCUT2D eigenvalue weighted by Crippen LogP contribution is 2.37. The summed E-state index contributed by atoms with van der Waals surface area (Å²) < 4.78 is 79.8. The Kier molecular flexibility index (Phi) is 4.04. The summed E-state index contributed by atoms with van der Waals surface area (Å²) in [6, 6.07) is 0. The van der Waals surface area contributed by atoms with E-state index in [9.17, 15) is 30.4 Å². The molecule has 0 amide bonds. The Labute approximate surface area is 75.7 Å². The summed E-state index contributed by atoms with van der Waals surface area (Å²) in [5, 5.41) is 0.